The molecule has 1 aromatic carbocycles. The minimum Gasteiger partial charge on any atom is -0.478 e. The zero-order valence-electron chi connectivity index (χ0n) is 16.5. The van der Waals surface area contributed by atoms with Gasteiger partial charge in [0.2, 0.25) is 0 Å². The number of nitrogens with two attached hydrogens (primary N) is 1. The van der Waals surface area contributed by atoms with E-state index in [1.807, 2.05) is 12.1 Å². The molecule has 150 valence electrons. The van der Waals surface area contributed by atoms with Gasteiger partial charge in [0.15, 0.2) is 0 Å². The third-order valence-electron chi connectivity index (χ3n) is 6.10. The number of anilines is 1. The molecule has 0 radical (unpaired) electrons. The molecule has 2 aromatic rings. The van der Waals surface area contributed by atoms with Crippen LogP contribution in [-0.4, -0.2) is 30.8 Å². The predicted molar refractivity (Wildman–Crippen MR) is 113 cm³/mol. The molecule has 2 heterocycles. The first-order valence-electron chi connectivity index (χ1n) is 9.93. The van der Waals surface area contributed by atoms with Gasteiger partial charge in [-0.25, -0.2) is 10.7 Å². The fraction of sp³-hybridized carbons (Fsp3) is 0.500. The average molecular weight is 401 g/mol. The molecular formula is C22H28N2O3S. The second-order valence-corrected chi connectivity index (χ2v) is 9.91. The standard InChI is InChI=1S/C22H28N2O3S/c1-22(2)9-7-18-16(11-22)19(21(25)26)20(28-18)15-5-3-4-6-17(15)24-10-8-14(12-24)13-27-23/h3-6,14H,7-13,23H2,1-2H3,(H,25,26)/t14-/m1/s1. The topological polar surface area (TPSA) is 75.8 Å². The van der Waals surface area contributed by atoms with Crippen molar-refractivity contribution in [3.8, 4) is 10.4 Å². The highest BCUT2D eigenvalue weighted by Gasteiger charge is 2.34. The first-order valence-corrected chi connectivity index (χ1v) is 10.7. The zero-order chi connectivity index (χ0) is 19.9. The lowest BCUT2D eigenvalue weighted by Gasteiger charge is -2.29. The lowest BCUT2D eigenvalue weighted by molar-refractivity contribution is 0.0696. The number of carboxylic acid groups (broad SMARTS) is 1. The van der Waals surface area contributed by atoms with E-state index in [1.54, 1.807) is 11.3 Å². The van der Waals surface area contributed by atoms with Crippen LogP contribution in [0, 0.1) is 11.3 Å². The summed E-state index contributed by atoms with van der Waals surface area (Å²) < 4.78 is 0. The molecule has 6 heteroatoms. The van der Waals surface area contributed by atoms with Gasteiger partial charge in [0.25, 0.3) is 0 Å². The van der Waals surface area contributed by atoms with Crippen LogP contribution < -0.4 is 10.8 Å². The number of aromatic carboxylic acids is 1. The molecule has 1 aromatic heterocycles. The summed E-state index contributed by atoms with van der Waals surface area (Å²) in [6.07, 6.45) is 3.94. The average Bonchev–Trinajstić information content (AvgIpc) is 3.25. The predicted octanol–water partition coefficient (Wildman–Crippen LogP) is 4.34. The number of carbonyl (C=O) groups is 1. The van der Waals surface area contributed by atoms with Crippen molar-refractivity contribution in [2.75, 3.05) is 24.6 Å². The van der Waals surface area contributed by atoms with E-state index < -0.39 is 5.97 Å². The maximum absolute atomic E-state index is 12.3. The van der Waals surface area contributed by atoms with E-state index in [4.69, 9.17) is 10.7 Å². The van der Waals surface area contributed by atoms with E-state index >= 15 is 0 Å². The molecule has 0 spiro atoms. The first-order chi connectivity index (χ1) is 13.4. The number of rotatable bonds is 5. The van der Waals surface area contributed by atoms with Crippen LogP contribution in [0.15, 0.2) is 24.3 Å². The number of thiophene rings is 1. The Morgan fingerprint density at radius 2 is 2.18 bits per heavy atom. The highest BCUT2D eigenvalue weighted by Crippen LogP contribution is 2.47. The molecule has 0 unspecified atom stereocenters. The van der Waals surface area contributed by atoms with E-state index in [0.29, 0.717) is 18.1 Å². The number of nitrogens with zero attached hydrogens (tertiary/aromatic N) is 1. The number of carboxylic acids is 1. The summed E-state index contributed by atoms with van der Waals surface area (Å²) >= 11 is 1.68. The van der Waals surface area contributed by atoms with Crippen LogP contribution in [0.3, 0.4) is 0 Å². The van der Waals surface area contributed by atoms with Crippen molar-refractivity contribution in [2.24, 2.45) is 17.2 Å². The highest BCUT2D eigenvalue weighted by molar-refractivity contribution is 7.16. The monoisotopic (exact) mass is 400 g/mol. The van der Waals surface area contributed by atoms with Crippen molar-refractivity contribution in [3.63, 3.8) is 0 Å². The molecule has 3 N–H and O–H groups in total. The second kappa shape index (κ2) is 7.50. The van der Waals surface area contributed by atoms with Crippen molar-refractivity contribution >= 4 is 23.0 Å². The Morgan fingerprint density at radius 3 is 2.93 bits per heavy atom. The van der Waals surface area contributed by atoms with Gasteiger partial charge in [-0.2, -0.15) is 0 Å². The van der Waals surface area contributed by atoms with Gasteiger partial charge in [-0.15, -0.1) is 11.3 Å². The fourth-order valence-electron chi connectivity index (χ4n) is 4.60. The molecule has 1 atom stereocenters. The Morgan fingerprint density at radius 1 is 1.39 bits per heavy atom. The minimum absolute atomic E-state index is 0.152. The van der Waals surface area contributed by atoms with Crippen LogP contribution in [0.25, 0.3) is 10.4 Å². The van der Waals surface area contributed by atoms with E-state index in [2.05, 4.69) is 30.9 Å². The van der Waals surface area contributed by atoms with Gasteiger partial charge in [-0.3, -0.25) is 0 Å². The van der Waals surface area contributed by atoms with Gasteiger partial charge in [0.05, 0.1) is 17.0 Å². The third-order valence-corrected chi connectivity index (χ3v) is 7.42. The van der Waals surface area contributed by atoms with Crippen LogP contribution in [0.2, 0.25) is 0 Å². The second-order valence-electron chi connectivity index (χ2n) is 8.81. The molecule has 2 aliphatic rings. The van der Waals surface area contributed by atoms with Gasteiger partial charge in [-0.05, 0) is 42.7 Å². The maximum Gasteiger partial charge on any atom is 0.337 e. The summed E-state index contributed by atoms with van der Waals surface area (Å²) in [6, 6.07) is 8.21. The Balaban J connectivity index is 1.77. The van der Waals surface area contributed by atoms with Crippen LogP contribution in [0.1, 0.15) is 47.5 Å². The van der Waals surface area contributed by atoms with Gasteiger partial charge in [-0.1, -0.05) is 32.0 Å². The van der Waals surface area contributed by atoms with Gasteiger partial charge in [0.1, 0.15) is 0 Å². The minimum atomic E-state index is -0.809. The third kappa shape index (κ3) is 3.56. The molecule has 0 amide bonds. The molecule has 0 bridgehead atoms. The molecular weight excluding hydrogens is 372 g/mol. The van der Waals surface area contributed by atoms with Crippen LogP contribution in [0.4, 0.5) is 5.69 Å². The molecule has 1 saturated heterocycles. The maximum atomic E-state index is 12.3. The van der Waals surface area contributed by atoms with E-state index in [0.717, 1.165) is 60.5 Å². The van der Waals surface area contributed by atoms with Crippen LogP contribution in [0.5, 0.6) is 0 Å². The van der Waals surface area contributed by atoms with Crippen molar-refractivity contribution < 1.29 is 14.7 Å². The number of hydrogen-bond acceptors (Lipinski definition) is 5. The lowest BCUT2D eigenvalue weighted by Crippen LogP contribution is -2.23. The summed E-state index contributed by atoms with van der Waals surface area (Å²) in [6.45, 7) is 6.84. The van der Waals surface area contributed by atoms with E-state index in [1.165, 1.54) is 4.88 Å². The number of aryl methyl sites for hydroxylation is 1. The van der Waals surface area contributed by atoms with Crippen molar-refractivity contribution in [1.82, 2.24) is 0 Å². The molecule has 1 fully saturated rings. The Hall–Kier alpha value is -1.89. The first kappa shape index (κ1) is 19.4. The summed E-state index contributed by atoms with van der Waals surface area (Å²) in [5.74, 6) is 4.86. The van der Waals surface area contributed by atoms with Crippen LogP contribution in [-0.2, 0) is 17.7 Å². The quantitative estimate of drug-likeness (QED) is 0.730. The normalized spacial score (nSPS) is 21.0. The SMILES string of the molecule is CC1(C)CCc2sc(-c3ccccc3N3CC[C@@H](CON)C3)c(C(=O)O)c2C1. The van der Waals surface area contributed by atoms with Gasteiger partial charge >= 0.3 is 5.97 Å². The number of fused-ring (bicyclic) bond motifs is 1. The number of benzene rings is 1. The summed E-state index contributed by atoms with van der Waals surface area (Å²) in [5.41, 5.74) is 3.86. The molecule has 0 saturated carbocycles. The Kier molecular flexibility index (Phi) is 5.21. The summed E-state index contributed by atoms with van der Waals surface area (Å²) in [4.78, 5) is 21.6. The van der Waals surface area contributed by atoms with Crippen molar-refractivity contribution in [1.29, 1.82) is 0 Å². The lowest BCUT2D eigenvalue weighted by atomic mass is 9.76. The van der Waals surface area contributed by atoms with Crippen molar-refractivity contribution in [2.45, 2.75) is 39.5 Å². The smallest absolute Gasteiger partial charge is 0.337 e. The number of para-hydroxylation sites is 1. The number of hydrogen-bond donors (Lipinski definition) is 2. The van der Waals surface area contributed by atoms with Crippen molar-refractivity contribution in [3.05, 3.63) is 40.3 Å². The van der Waals surface area contributed by atoms with Crippen LogP contribution >= 0.6 is 11.3 Å². The molecule has 4 rings (SSSR count). The fourth-order valence-corrected chi connectivity index (χ4v) is 5.94. The Bertz CT molecular complexity index is 890. The van der Waals surface area contributed by atoms with Gasteiger partial charge in [0, 0.05) is 35.1 Å². The van der Waals surface area contributed by atoms with Gasteiger partial charge < -0.3 is 14.8 Å². The summed E-state index contributed by atoms with van der Waals surface area (Å²) in [7, 11) is 0. The molecule has 1 aliphatic heterocycles. The van der Waals surface area contributed by atoms with E-state index in [-0.39, 0.29) is 5.41 Å². The zero-order valence-corrected chi connectivity index (χ0v) is 17.3. The molecule has 5 nitrogen and oxygen atoms in total. The summed E-state index contributed by atoms with van der Waals surface area (Å²) in [5, 5.41) is 10.1. The molecule has 28 heavy (non-hydrogen) atoms. The molecule has 1 aliphatic carbocycles. The highest BCUT2D eigenvalue weighted by atomic mass is 32.1. The largest absolute Gasteiger partial charge is 0.478 e. The Labute approximate surface area is 170 Å². The van der Waals surface area contributed by atoms with E-state index in [9.17, 15) is 9.90 Å².